The van der Waals surface area contributed by atoms with Crippen molar-refractivity contribution in [1.82, 2.24) is 4.90 Å². The largest absolute Gasteiger partial charge is 0.369 e. The zero-order valence-electron chi connectivity index (χ0n) is 15.5. The number of carbonyl (C=O) groups excluding carboxylic acids is 1. The fourth-order valence-electron chi connectivity index (χ4n) is 4.13. The van der Waals surface area contributed by atoms with E-state index in [-0.39, 0.29) is 5.91 Å². The van der Waals surface area contributed by atoms with Crippen molar-refractivity contribution >= 4 is 17.3 Å². The van der Waals surface area contributed by atoms with Gasteiger partial charge in [-0.25, -0.2) is 0 Å². The molecule has 4 heteroatoms. The van der Waals surface area contributed by atoms with Crippen molar-refractivity contribution in [2.24, 2.45) is 0 Å². The first-order chi connectivity index (χ1) is 12.7. The van der Waals surface area contributed by atoms with Crippen LogP contribution in [-0.4, -0.2) is 50.1 Å². The predicted octanol–water partition coefficient (Wildman–Crippen LogP) is 3.10. The molecule has 2 aliphatic rings. The molecular weight excluding hydrogens is 322 g/mol. The molecule has 0 spiro atoms. The van der Waals surface area contributed by atoms with Gasteiger partial charge in [0.1, 0.15) is 0 Å². The van der Waals surface area contributed by atoms with Crippen molar-refractivity contribution in [3.05, 3.63) is 59.7 Å². The van der Waals surface area contributed by atoms with Gasteiger partial charge in [-0.05, 0) is 43.0 Å². The van der Waals surface area contributed by atoms with Crippen LogP contribution in [0.4, 0.5) is 11.4 Å². The minimum Gasteiger partial charge on any atom is -0.369 e. The zero-order chi connectivity index (χ0) is 17.9. The molecule has 0 aromatic heterocycles. The van der Waals surface area contributed by atoms with E-state index < -0.39 is 0 Å². The molecule has 0 N–H and O–H groups in total. The fourth-order valence-corrected chi connectivity index (χ4v) is 4.13. The topological polar surface area (TPSA) is 26.8 Å². The first-order valence-electron chi connectivity index (χ1n) is 9.63. The maximum Gasteiger partial charge on any atom is 0.241 e. The Morgan fingerprint density at radius 3 is 2.35 bits per heavy atom. The molecule has 2 heterocycles. The molecule has 1 fully saturated rings. The van der Waals surface area contributed by atoms with Crippen molar-refractivity contribution in [2.45, 2.75) is 19.8 Å². The molecule has 1 saturated heterocycles. The Morgan fingerprint density at radius 2 is 1.58 bits per heavy atom. The predicted molar refractivity (Wildman–Crippen MR) is 107 cm³/mol. The Balaban J connectivity index is 1.36. The van der Waals surface area contributed by atoms with Crippen LogP contribution in [0.3, 0.4) is 0 Å². The van der Waals surface area contributed by atoms with Crippen LogP contribution in [0.15, 0.2) is 48.5 Å². The monoisotopic (exact) mass is 349 g/mol. The van der Waals surface area contributed by atoms with Crippen LogP contribution in [-0.2, 0) is 11.2 Å². The third-order valence-corrected chi connectivity index (χ3v) is 5.60. The number of rotatable bonds is 3. The second-order valence-corrected chi connectivity index (χ2v) is 7.33. The molecule has 0 saturated carbocycles. The molecule has 0 radical (unpaired) electrons. The third-order valence-electron chi connectivity index (χ3n) is 5.60. The van der Waals surface area contributed by atoms with Crippen molar-refractivity contribution in [3.8, 4) is 0 Å². The van der Waals surface area contributed by atoms with E-state index in [1.165, 1.54) is 16.8 Å². The molecule has 2 aromatic carbocycles. The molecule has 2 aromatic rings. The van der Waals surface area contributed by atoms with Gasteiger partial charge in [-0.1, -0.05) is 36.4 Å². The van der Waals surface area contributed by atoms with E-state index in [0.29, 0.717) is 6.54 Å². The summed E-state index contributed by atoms with van der Waals surface area (Å²) in [5, 5.41) is 0. The summed E-state index contributed by atoms with van der Waals surface area (Å²) in [4.78, 5) is 19.6. The van der Waals surface area contributed by atoms with Crippen LogP contribution >= 0.6 is 0 Å². The smallest absolute Gasteiger partial charge is 0.241 e. The Hall–Kier alpha value is -2.33. The highest BCUT2D eigenvalue weighted by Crippen LogP contribution is 2.27. The number of anilines is 2. The Kier molecular flexibility index (Phi) is 4.93. The van der Waals surface area contributed by atoms with Crippen molar-refractivity contribution in [2.75, 3.05) is 49.1 Å². The molecule has 2 aliphatic heterocycles. The molecule has 0 atom stereocenters. The molecular formula is C22H27N3O. The Bertz CT molecular complexity index is 780. The fraction of sp³-hybridized carbons (Fsp3) is 0.409. The van der Waals surface area contributed by atoms with E-state index in [0.717, 1.165) is 51.3 Å². The third kappa shape index (κ3) is 3.47. The summed E-state index contributed by atoms with van der Waals surface area (Å²) in [6.45, 7) is 7.38. The lowest BCUT2D eigenvalue weighted by atomic mass is 10.0. The van der Waals surface area contributed by atoms with E-state index in [4.69, 9.17) is 0 Å². The van der Waals surface area contributed by atoms with Gasteiger partial charge in [0.05, 0.1) is 6.54 Å². The molecule has 1 amide bonds. The number of amides is 1. The molecule has 0 unspecified atom stereocenters. The second-order valence-electron chi connectivity index (χ2n) is 7.33. The van der Waals surface area contributed by atoms with Crippen molar-refractivity contribution in [3.63, 3.8) is 0 Å². The number of piperazine rings is 1. The Labute approximate surface area is 156 Å². The summed E-state index contributed by atoms with van der Waals surface area (Å²) in [5.41, 5.74) is 5.06. The van der Waals surface area contributed by atoms with Gasteiger partial charge in [0.25, 0.3) is 0 Å². The standard InChI is InChI=1S/C22H27N3O/c1-18-7-2-4-10-20(18)24-15-13-23(14-16-24)17-22(26)25-12-6-9-19-8-3-5-11-21(19)25/h2-5,7-8,10-11H,6,9,12-17H2,1H3. The van der Waals surface area contributed by atoms with Crippen molar-refractivity contribution < 1.29 is 4.79 Å². The van der Waals surface area contributed by atoms with Crippen LogP contribution in [0.2, 0.25) is 0 Å². The summed E-state index contributed by atoms with van der Waals surface area (Å²) in [7, 11) is 0. The van der Waals surface area contributed by atoms with Crippen LogP contribution in [0.1, 0.15) is 17.5 Å². The number of hydrogen-bond acceptors (Lipinski definition) is 3. The SMILES string of the molecule is Cc1ccccc1N1CCN(CC(=O)N2CCCc3ccccc32)CC1. The van der Waals surface area contributed by atoms with E-state index in [2.05, 4.69) is 59.2 Å². The van der Waals surface area contributed by atoms with Gasteiger partial charge >= 0.3 is 0 Å². The summed E-state index contributed by atoms with van der Waals surface area (Å²) >= 11 is 0. The maximum absolute atomic E-state index is 12.9. The van der Waals surface area contributed by atoms with Gasteiger partial charge in [-0.15, -0.1) is 0 Å². The van der Waals surface area contributed by atoms with Crippen LogP contribution in [0, 0.1) is 6.92 Å². The van der Waals surface area contributed by atoms with Crippen molar-refractivity contribution in [1.29, 1.82) is 0 Å². The second kappa shape index (κ2) is 7.50. The Morgan fingerprint density at radius 1 is 0.885 bits per heavy atom. The average molecular weight is 349 g/mol. The van der Waals surface area contributed by atoms with E-state index in [1.807, 2.05) is 11.0 Å². The number of benzene rings is 2. The van der Waals surface area contributed by atoms with Gasteiger partial charge in [-0.2, -0.15) is 0 Å². The highest BCUT2D eigenvalue weighted by Gasteiger charge is 2.25. The van der Waals surface area contributed by atoms with E-state index in [9.17, 15) is 4.79 Å². The highest BCUT2D eigenvalue weighted by molar-refractivity contribution is 5.96. The lowest BCUT2D eigenvalue weighted by Crippen LogP contribution is -2.51. The minimum absolute atomic E-state index is 0.237. The lowest BCUT2D eigenvalue weighted by Gasteiger charge is -2.38. The normalized spacial score (nSPS) is 17.9. The van der Waals surface area contributed by atoms with Gasteiger partial charge in [0, 0.05) is 44.1 Å². The number of hydrogen-bond donors (Lipinski definition) is 0. The molecule has 0 aliphatic carbocycles. The molecule has 26 heavy (non-hydrogen) atoms. The number of fused-ring (bicyclic) bond motifs is 1. The van der Waals surface area contributed by atoms with Gasteiger partial charge in [0.15, 0.2) is 0 Å². The van der Waals surface area contributed by atoms with Crippen LogP contribution in [0.5, 0.6) is 0 Å². The molecule has 136 valence electrons. The summed E-state index contributed by atoms with van der Waals surface area (Å²) in [5.74, 6) is 0.237. The number of para-hydroxylation sites is 2. The zero-order valence-corrected chi connectivity index (χ0v) is 15.5. The summed E-state index contributed by atoms with van der Waals surface area (Å²) in [6, 6.07) is 16.9. The van der Waals surface area contributed by atoms with Crippen LogP contribution < -0.4 is 9.80 Å². The molecule has 0 bridgehead atoms. The van der Waals surface area contributed by atoms with E-state index in [1.54, 1.807) is 0 Å². The number of carbonyl (C=O) groups is 1. The number of nitrogens with zero attached hydrogens (tertiary/aromatic N) is 3. The highest BCUT2D eigenvalue weighted by atomic mass is 16.2. The first-order valence-corrected chi connectivity index (χ1v) is 9.63. The first kappa shape index (κ1) is 17.1. The van der Waals surface area contributed by atoms with Gasteiger partial charge < -0.3 is 9.80 Å². The summed E-state index contributed by atoms with van der Waals surface area (Å²) in [6.07, 6.45) is 2.14. The van der Waals surface area contributed by atoms with Gasteiger partial charge in [-0.3, -0.25) is 9.69 Å². The lowest BCUT2D eigenvalue weighted by molar-refractivity contribution is -0.119. The molecule has 4 nitrogen and oxygen atoms in total. The summed E-state index contributed by atoms with van der Waals surface area (Å²) < 4.78 is 0. The minimum atomic E-state index is 0.237. The quantitative estimate of drug-likeness (QED) is 0.852. The molecule has 4 rings (SSSR count). The van der Waals surface area contributed by atoms with Gasteiger partial charge in [0.2, 0.25) is 5.91 Å². The maximum atomic E-state index is 12.9. The average Bonchev–Trinajstić information content (AvgIpc) is 2.68. The van der Waals surface area contributed by atoms with E-state index >= 15 is 0 Å². The number of aryl methyl sites for hydroxylation is 2. The van der Waals surface area contributed by atoms with Crippen LogP contribution in [0.25, 0.3) is 0 Å².